The molecular formula is C10H10F2O4. The number of hydrogen-bond acceptors (Lipinski definition) is 3. The predicted molar refractivity (Wildman–Crippen MR) is 51.1 cm³/mol. The molecule has 1 N–H and O–H groups in total. The van der Waals surface area contributed by atoms with Gasteiger partial charge in [0.1, 0.15) is 0 Å². The van der Waals surface area contributed by atoms with Gasteiger partial charge < -0.3 is 14.6 Å². The molecule has 6 heteroatoms. The Bertz CT molecular complexity index is 404. The second kappa shape index (κ2) is 4.34. The van der Waals surface area contributed by atoms with Crippen molar-refractivity contribution in [3.05, 3.63) is 23.8 Å². The first-order valence-corrected chi connectivity index (χ1v) is 4.27. The molecule has 88 valence electrons. The zero-order valence-corrected chi connectivity index (χ0v) is 8.66. The third-order valence-corrected chi connectivity index (χ3v) is 2.01. The smallest absolute Gasteiger partial charge is 0.379 e. The van der Waals surface area contributed by atoms with Crippen LogP contribution in [0.15, 0.2) is 18.2 Å². The fraction of sp³-hybridized carbons (Fsp3) is 0.300. The Hall–Kier alpha value is -1.85. The number of rotatable bonds is 4. The lowest BCUT2D eigenvalue weighted by Crippen LogP contribution is -2.25. The van der Waals surface area contributed by atoms with Crippen LogP contribution in [0.1, 0.15) is 5.56 Å². The van der Waals surface area contributed by atoms with Crippen LogP contribution in [0.2, 0.25) is 0 Å². The van der Waals surface area contributed by atoms with E-state index in [4.69, 9.17) is 14.6 Å². The summed E-state index contributed by atoms with van der Waals surface area (Å²) in [5, 5.41) is 8.36. The van der Waals surface area contributed by atoms with Gasteiger partial charge in [-0.3, -0.25) is 0 Å². The molecule has 0 amide bonds. The van der Waals surface area contributed by atoms with Gasteiger partial charge in [0.2, 0.25) is 0 Å². The fourth-order valence-corrected chi connectivity index (χ4v) is 1.16. The summed E-state index contributed by atoms with van der Waals surface area (Å²) in [6.07, 6.45) is 0. The molecule has 1 rings (SSSR count). The first-order valence-electron chi connectivity index (χ1n) is 4.27. The molecule has 0 spiro atoms. The standard InChI is InChI=1S/C10H10F2O4/c1-15-7-4-3-6(5-8(7)16-2)10(11,12)9(13)14/h3-5H,1-2H3,(H,13,14). The fourth-order valence-electron chi connectivity index (χ4n) is 1.16. The van der Waals surface area contributed by atoms with Crippen molar-refractivity contribution < 1.29 is 28.2 Å². The van der Waals surface area contributed by atoms with E-state index in [-0.39, 0.29) is 11.5 Å². The average molecular weight is 232 g/mol. The lowest BCUT2D eigenvalue weighted by molar-refractivity contribution is -0.166. The first kappa shape index (κ1) is 12.2. The highest BCUT2D eigenvalue weighted by molar-refractivity contribution is 5.77. The topological polar surface area (TPSA) is 55.8 Å². The Morgan fingerprint density at radius 1 is 1.25 bits per heavy atom. The number of aliphatic carboxylic acids is 1. The monoisotopic (exact) mass is 232 g/mol. The molecule has 0 aromatic heterocycles. The average Bonchev–Trinajstić information content (AvgIpc) is 2.27. The molecule has 4 nitrogen and oxygen atoms in total. The van der Waals surface area contributed by atoms with Crippen molar-refractivity contribution in [1.82, 2.24) is 0 Å². The van der Waals surface area contributed by atoms with Gasteiger partial charge in [-0.25, -0.2) is 4.79 Å². The molecule has 0 aliphatic heterocycles. The summed E-state index contributed by atoms with van der Waals surface area (Å²) in [5.41, 5.74) is -0.655. The van der Waals surface area contributed by atoms with Gasteiger partial charge in [0.15, 0.2) is 11.5 Å². The van der Waals surface area contributed by atoms with Crippen molar-refractivity contribution in [2.75, 3.05) is 14.2 Å². The Labute approximate surface area is 90.4 Å². The normalized spacial score (nSPS) is 11.0. The molecule has 1 aromatic carbocycles. The highest BCUT2D eigenvalue weighted by Gasteiger charge is 2.41. The van der Waals surface area contributed by atoms with Gasteiger partial charge in [-0.05, 0) is 18.2 Å². The van der Waals surface area contributed by atoms with Crippen molar-refractivity contribution in [3.63, 3.8) is 0 Å². The maximum atomic E-state index is 13.1. The maximum absolute atomic E-state index is 13.1. The molecule has 0 radical (unpaired) electrons. The van der Waals surface area contributed by atoms with Crippen molar-refractivity contribution in [2.45, 2.75) is 5.92 Å². The lowest BCUT2D eigenvalue weighted by Gasteiger charge is -2.14. The molecule has 0 atom stereocenters. The second-order valence-electron chi connectivity index (χ2n) is 2.95. The molecule has 0 aliphatic carbocycles. The van der Waals surface area contributed by atoms with Crippen molar-refractivity contribution in [2.24, 2.45) is 0 Å². The van der Waals surface area contributed by atoms with Crippen LogP contribution in [0, 0.1) is 0 Å². The molecule has 0 saturated carbocycles. The summed E-state index contributed by atoms with van der Waals surface area (Å²) >= 11 is 0. The molecule has 16 heavy (non-hydrogen) atoms. The van der Waals surface area contributed by atoms with Crippen LogP contribution in [0.4, 0.5) is 8.78 Å². The number of methoxy groups -OCH3 is 2. The summed E-state index contributed by atoms with van der Waals surface area (Å²) < 4.78 is 35.9. The van der Waals surface area contributed by atoms with E-state index in [2.05, 4.69) is 0 Å². The van der Waals surface area contributed by atoms with E-state index >= 15 is 0 Å². The second-order valence-corrected chi connectivity index (χ2v) is 2.95. The summed E-state index contributed by atoms with van der Waals surface area (Å²) in [4.78, 5) is 10.4. The van der Waals surface area contributed by atoms with E-state index in [1.807, 2.05) is 0 Å². The van der Waals surface area contributed by atoms with Crippen LogP contribution >= 0.6 is 0 Å². The number of carboxylic acids is 1. The van der Waals surface area contributed by atoms with Gasteiger partial charge in [0.05, 0.1) is 14.2 Å². The Kier molecular flexibility index (Phi) is 3.31. The van der Waals surface area contributed by atoms with Gasteiger partial charge in [-0.15, -0.1) is 0 Å². The van der Waals surface area contributed by atoms with Gasteiger partial charge in [0.25, 0.3) is 0 Å². The zero-order valence-electron chi connectivity index (χ0n) is 8.66. The van der Waals surface area contributed by atoms with Crippen LogP contribution in [0.25, 0.3) is 0 Å². The Balaban J connectivity index is 3.23. The SMILES string of the molecule is COc1ccc(C(F)(F)C(=O)O)cc1OC. The first-order chi connectivity index (χ1) is 7.43. The minimum absolute atomic E-state index is 0.0564. The van der Waals surface area contributed by atoms with E-state index in [0.29, 0.717) is 0 Å². The van der Waals surface area contributed by atoms with Crippen molar-refractivity contribution >= 4 is 5.97 Å². The van der Waals surface area contributed by atoms with Gasteiger partial charge in [0, 0.05) is 5.56 Å². The minimum Gasteiger partial charge on any atom is -0.493 e. The van der Waals surface area contributed by atoms with Crippen LogP contribution in [0.3, 0.4) is 0 Å². The maximum Gasteiger partial charge on any atom is 0.379 e. The highest BCUT2D eigenvalue weighted by atomic mass is 19.3. The zero-order chi connectivity index (χ0) is 12.3. The van der Waals surface area contributed by atoms with Gasteiger partial charge >= 0.3 is 11.9 Å². The molecule has 0 aliphatic rings. The van der Waals surface area contributed by atoms with Gasteiger partial charge in [-0.1, -0.05) is 0 Å². The molecule has 0 heterocycles. The predicted octanol–water partition coefficient (Wildman–Crippen LogP) is 1.88. The third-order valence-electron chi connectivity index (χ3n) is 2.01. The molecule has 0 saturated heterocycles. The van der Waals surface area contributed by atoms with E-state index in [1.54, 1.807) is 0 Å². The number of hydrogen-bond donors (Lipinski definition) is 1. The van der Waals surface area contributed by atoms with Gasteiger partial charge in [-0.2, -0.15) is 8.78 Å². The van der Waals surface area contributed by atoms with Crippen LogP contribution < -0.4 is 9.47 Å². The van der Waals surface area contributed by atoms with E-state index in [1.165, 1.54) is 20.3 Å². The molecule has 0 fully saturated rings. The van der Waals surface area contributed by atoms with Crippen molar-refractivity contribution in [3.8, 4) is 11.5 Å². The summed E-state index contributed by atoms with van der Waals surface area (Å²) in [5.74, 6) is -5.84. The van der Waals surface area contributed by atoms with Crippen LogP contribution in [0.5, 0.6) is 11.5 Å². The van der Waals surface area contributed by atoms with E-state index in [9.17, 15) is 13.6 Å². The molecule has 1 aromatic rings. The highest BCUT2D eigenvalue weighted by Crippen LogP contribution is 2.35. The Morgan fingerprint density at radius 3 is 2.25 bits per heavy atom. The number of benzene rings is 1. The summed E-state index contributed by atoms with van der Waals surface area (Å²) in [7, 11) is 2.63. The Morgan fingerprint density at radius 2 is 1.81 bits per heavy atom. The lowest BCUT2D eigenvalue weighted by atomic mass is 10.1. The number of carboxylic acid groups (broad SMARTS) is 1. The number of alkyl halides is 2. The van der Waals surface area contributed by atoms with Crippen molar-refractivity contribution in [1.29, 1.82) is 0 Å². The molecular weight excluding hydrogens is 222 g/mol. The van der Waals surface area contributed by atoms with Crippen LogP contribution in [-0.2, 0) is 10.7 Å². The molecule has 0 unspecified atom stereocenters. The van der Waals surface area contributed by atoms with Crippen LogP contribution in [-0.4, -0.2) is 25.3 Å². The summed E-state index contributed by atoms with van der Waals surface area (Å²) in [6.45, 7) is 0. The number of carbonyl (C=O) groups is 1. The van der Waals surface area contributed by atoms with E-state index in [0.717, 1.165) is 12.1 Å². The third kappa shape index (κ3) is 2.05. The quantitative estimate of drug-likeness (QED) is 0.861. The van der Waals surface area contributed by atoms with E-state index < -0.39 is 17.5 Å². The minimum atomic E-state index is -3.94. The number of ether oxygens (including phenoxy) is 2. The summed E-state index contributed by atoms with van der Waals surface area (Å²) in [6, 6.07) is 3.15. The molecule has 0 bridgehead atoms. The number of halogens is 2. The largest absolute Gasteiger partial charge is 0.493 e.